The molecule has 0 aromatic carbocycles. The number of hydrogen-bond acceptors (Lipinski definition) is 6. The molecular formula is C17H22O6. The van der Waals surface area contributed by atoms with Crippen molar-refractivity contribution in [2.24, 2.45) is 11.3 Å². The predicted molar refractivity (Wildman–Crippen MR) is 81.3 cm³/mol. The van der Waals surface area contributed by atoms with E-state index < -0.39 is 34.7 Å². The number of rotatable bonds is 4. The summed E-state index contributed by atoms with van der Waals surface area (Å²) in [6.45, 7) is 4.38. The van der Waals surface area contributed by atoms with Gasteiger partial charge in [0.15, 0.2) is 17.2 Å². The van der Waals surface area contributed by atoms with Crippen molar-refractivity contribution in [2.75, 3.05) is 6.61 Å². The Morgan fingerprint density at radius 2 is 2.09 bits per heavy atom. The van der Waals surface area contributed by atoms with Gasteiger partial charge in [0, 0.05) is 13.3 Å². The number of allylic oxidation sites excluding steroid dienone is 3. The average Bonchev–Trinajstić information content (AvgIpc) is 2.45. The number of carbonyl (C=O) groups excluding carboxylic acids is 3. The maximum Gasteiger partial charge on any atom is 0.302 e. The summed E-state index contributed by atoms with van der Waals surface area (Å²) in [7, 11) is 0. The molecule has 2 aliphatic carbocycles. The van der Waals surface area contributed by atoms with E-state index in [0.717, 1.165) is 12.5 Å². The zero-order valence-corrected chi connectivity index (χ0v) is 13.5. The van der Waals surface area contributed by atoms with Crippen LogP contribution in [-0.2, 0) is 19.1 Å². The molecule has 0 aromatic rings. The topological polar surface area (TPSA) is 101 Å². The highest BCUT2D eigenvalue weighted by molar-refractivity contribution is 5.96. The van der Waals surface area contributed by atoms with Crippen LogP contribution in [0.3, 0.4) is 0 Å². The molecule has 0 spiro atoms. The lowest BCUT2D eigenvalue weighted by Crippen LogP contribution is -2.59. The van der Waals surface area contributed by atoms with Crippen LogP contribution in [0.5, 0.6) is 0 Å². The first-order chi connectivity index (χ1) is 10.6. The van der Waals surface area contributed by atoms with Crippen molar-refractivity contribution < 1.29 is 29.3 Å². The summed E-state index contributed by atoms with van der Waals surface area (Å²) in [6, 6.07) is 0. The summed E-state index contributed by atoms with van der Waals surface area (Å²) >= 11 is 0. The van der Waals surface area contributed by atoms with E-state index in [1.54, 1.807) is 12.2 Å². The minimum atomic E-state index is -2.10. The quantitative estimate of drug-likeness (QED) is 0.739. The second-order valence-corrected chi connectivity index (χ2v) is 6.68. The van der Waals surface area contributed by atoms with Gasteiger partial charge < -0.3 is 14.9 Å². The molecule has 2 aliphatic rings. The van der Waals surface area contributed by atoms with Gasteiger partial charge in [-0.1, -0.05) is 25.2 Å². The number of Topliss-reactive ketones (excluding diaryl/α,β-unsaturated/α-hetero) is 2. The third-order valence-corrected chi connectivity index (χ3v) is 4.85. The summed E-state index contributed by atoms with van der Waals surface area (Å²) in [4.78, 5) is 34.9. The molecule has 6 nitrogen and oxygen atoms in total. The Morgan fingerprint density at radius 3 is 2.65 bits per heavy atom. The molecule has 0 saturated heterocycles. The van der Waals surface area contributed by atoms with Gasteiger partial charge in [0.2, 0.25) is 0 Å². The number of fused-ring (bicyclic) bond motifs is 1. The first-order valence-corrected chi connectivity index (χ1v) is 7.56. The van der Waals surface area contributed by atoms with Crippen LogP contribution in [-0.4, -0.2) is 46.1 Å². The number of esters is 1. The van der Waals surface area contributed by atoms with E-state index in [2.05, 4.69) is 0 Å². The number of ether oxygens (including phenoxy) is 1. The predicted octanol–water partition coefficient (Wildman–Crippen LogP) is 0.712. The van der Waals surface area contributed by atoms with Crippen LogP contribution in [0.1, 0.15) is 33.6 Å². The average molecular weight is 322 g/mol. The Labute approximate surface area is 134 Å². The van der Waals surface area contributed by atoms with Crippen LogP contribution >= 0.6 is 0 Å². The van der Waals surface area contributed by atoms with Gasteiger partial charge in [-0.2, -0.15) is 0 Å². The molecule has 4 atom stereocenters. The van der Waals surface area contributed by atoms with Crippen molar-refractivity contribution in [3.05, 3.63) is 23.8 Å². The highest BCUT2D eigenvalue weighted by Crippen LogP contribution is 2.50. The van der Waals surface area contributed by atoms with Gasteiger partial charge >= 0.3 is 5.97 Å². The first-order valence-electron chi connectivity index (χ1n) is 7.56. The number of hydrogen-bond donors (Lipinski definition) is 2. The van der Waals surface area contributed by atoms with E-state index in [1.807, 2.05) is 13.0 Å². The SMILES string of the molecule is CC(=O)OCC1=CC=C[C@@]2(C)CC(=O)[C@](O)([C@@H](O)C(C)=O)C[C@@H]12. The van der Waals surface area contributed by atoms with Gasteiger partial charge in [-0.15, -0.1) is 0 Å². The Balaban J connectivity index is 2.33. The normalized spacial score (nSPS) is 34.4. The first kappa shape index (κ1) is 17.6. The Kier molecular flexibility index (Phi) is 4.59. The van der Waals surface area contributed by atoms with Crippen molar-refractivity contribution in [1.29, 1.82) is 0 Å². The van der Waals surface area contributed by atoms with Crippen LogP contribution in [0.2, 0.25) is 0 Å². The van der Waals surface area contributed by atoms with Crippen LogP contribution in [0.25, 0.3) is 0 Å². The maximum atomic E-state index is 12.4. The second kappa shape index (κ2) is 6.02. The van der Waals surface area contributed by atoms with E-state index in [-0.39, 0.29) is 25.4 Å². The summed E-state index contributed by atoms with van der Waals surface area (Å²) in [5.74, 6) is -1.92. The monoisotopic (exact) mass is 322 g/mol. The third kappa shape index (κ3) is 3.14. The molecule has 2 rings (SSSR count). The lowest BCUT2D eigenvalue weighted by molar-refractivity contribution is -0.170. The van der Waals surface area contributed by atoms with Gasteiger partial charge in [0.1, 0.15) is 12.7 Å². The van der Waals surface area contributed by atoms with E-state index >= 15 is 0 Å². The molecule has 0 bridgehead atoms. The summed E-state index contributed by atoms with van der Waals surface area (Å²) in [6.07, 6.45) is 3.64. The fourth-order valence-corrected chi connectivity index (χ4v) is 3.45. The van der Waals surface area contributed by atoms with Gasteiger partial charge in [0.05, 0.1) is 0 Å². The highest BCUT2D eigenvalue weighted by Gasteiger charge is 2.56. The number of aliphatic hydroxyl groups excluding tert-OH is 1. The van der Waals surface area contributed by atoms with E-state index in [9.17, 15) is 24.6 Å². The molecule has 1 saturated carbocycles. The molecule has 1 fully saturated rings. The van der Waals surface area contributed by atoms with Crippen LogP contribution < -0.4 is 0 Å². The molecule has 6 heteroatoms. The zero-order valence-electron chi connectivity index (χ0n) is 13.5. The lowest BCUT2D eigenvalue weighted by atomic mass is 9.57. The van der Waals surface area contributed by atoms with Gasteiger partial charge in [-0.25, -0.2) is 0 Å². The third-order valence-electron chi connectivity index (χ3n) is 4.85. The fourth-order valence-electron chi connectivity index (χ4n) is 3.45. The Bertz CT molecular complexity index is 604. The van der Waals surface area contributed by atoms with E-state index in [4.69, 9.17) is 4.74 Å². The number of ketones is 2. The van der Waals surface area contributed by atoms with Crippen molar-refractivity contribution in [2.45, 2.75) is 45.3 Å². The minimum absolute atomic E-state index is 0.00637. The Hall–Kier alpha value is -1.79. The molecule has 0 unspecified atom stereocenters. The molecule has 0 aliphatic heterocycles. The van der Waals surface area contributed by atoms with E-state index in [1.165, 1.54) is 6.92 Å². The molecule has 23 heavy (non-hydrogen) atoms. The van der Waals surface area contributed by atoms with Crippen LogP contribution in [0.15, 0.2) is 23.8 Å². The molecular weight excluding hydrogens is 300 g/mol. The fraction of sp³-hybridized carbons (Fsp3) is 0.588. The minimum Gasteiger partial charge on any atom is -0.461 e. The standard InChI is InChI=1S/C17H22O6/c1-10(18)15(21)17(22)7-13-12(9-23-11(2)19)5-4-6-16(13,3)8-14(17)20/h4-6,13,15,21-22H,7-9H2,1-3H3/t13-,15-,16-,17-/m0/s1. The maximum absolute atomic E-state index is 12.4. The smallest absolute Gasteiger partial charge is 0.302 e. The van der Waals surface area contributed by atoms with Crippen LogP contribution in [0, 0.1) is 11.3 Å². The highest BCUT2D eigenvalue weighted by atomic mass is 16.5. The van der Waals surface area contributed by atoms with Crippen molar-refractivity contribution >= 4 is 17.5 Å². The molecule has 0 heterocycles. The summed E-state index contributed by atoms with van der Waals surface area (Å²) in [5.41, 5.74) is -1.88. The molecule has 0 radical (unpaired) electrons. The van der Waals surface area contributed by atoms with E-state index in [0.29, 0.717) is 0 Å². The van der Waals surface area contributed by atoms with Gasteiger partial charge in [-0.05, 0) is 30.3 Å². The largest absolute Gasteiger partial charge is 0.461 e. The molecule has 0 amide bonds. The van der Waals surface area contributed by atoms with Gasteiger partial charge in [-0.3, -0.25) is 14.4 Å². The Morgan fingerprint density at radius 1 is 1.43 bits per heavy atom. The molecule has 126 valence electrons. The molecule has 0 aromatic heterocycles. The van der Waals surface area contributed by atoms with Gasteiger partial charge in [0.25, 0.3) is 0 Å². The summed E-state index contributed by atoms with van der Waals surface area (Å²) in [5, 5.41) is 20.7. The summed E-state index contributed by atoms with van der Waals surface area (Å²) < 4.78 is 5.04. The lowest BCUT2D eigenvalue weighted by Gasteiger charge is -2.48. The second-order valence-electron chi connectivity index (χ2n) is 6.68. The molecule has 2 N–H and O–H groups in total. The zero-order chi connectivity index (χ0) is 17.4. The number of carbonyl (C=O) groups is 3. The van der Waals surface area contributed by atoms with Crippen molar-refractivity contribution in [3.63, 3.8) is 0 Å². The number of aliphatic hydroxyl groups is 2. The van der Waals surface area contributed by atoms with Crippen molar-refractivity contribution in [3.8, 4) is 0 Å². The van der Waals surface area contributed by atoms with Crippen molar-refractivity contribution in [1.82, 2.24) is 0 Å². The van der Waals surface area contributed by atoms with Crippen LogP contribution in [0.4, 0.5) is 0 Å².